The third kappa shape index (κ3) is 5.77. The van der Waals surface area contributed by atoms with E-state index in [0.29, 0.717) is 24.7 Å². The highest BCUT2D eigenvalue weighted by Gasteiger charge is 2.28. The molecule has 0 spiro atoms. The molecule has 2 aromatic carbocycles. The number of rotatable bonds is 9. The smallest absolute Gasteiger partial charge is 0.150 e. The van der Waals surface area contributed by atoms with Crippen LogP contribution in [0.15, 0.2) is 42.5 Å². The Morgan fingerprint density at radius 2 is 1.83 bits per heavy atom. The van der Waals surface area contributed by atoms with E-state index in [1.807, 2.05) is 18.2 Å². The Labute approximate surface area is 184 Å². The number of sulfone groups is 1. The number of nitrogens with two attached hydrogens (primary N) is 1. The number of benzene rings is 2. The quantitative estimate of drug-likeness (QED) is 0.573. The highest BCUT2D eigenvalue weighted by Crippen LogP contribution is 2.36. The molecule has 4 rings (SSSR count). The van der Waals surface area contributed by atoms with Crippen molar-refractivity contribution in [3.8, 4) is 5.75 Å². The predicted octanol–water partition coefficient (Wildman–Crippen LogP) is 4.53. The van der Waals surface area contributed by atoms with Crippen molar-refractivity contribution in [2.24, 2.45) is 11.7 Å². The third-order valence-corrected chi connectivity index (χ3v) is 8.35. The van der Waals surface area contributed by atoms with Gasteiger partial charge < -0.3 is 10.5 Å². The lowest BCUT2D eigenvalue weighted by Crippen LogP contribution is -2.34. The lowest BCUT2D eigenvalue weighted by molar-refractivity contribution is 0.316. The Kier molecular flexibility index (Phi) is 6.71. The van der Waals surface area contributed by atoms with Gasteiger partial charge in [-0.3, -0.25) is 0 Å². The fourth-order valence-corrected chi connectivity index (χ4v) is 6.22. The van der Waals surface area contributed by atoms with E-state index < -0.39 is 9.84 Å². The number of ether oxygens (including phenoxy) is 1. The Morgan fingerprint density at radius 1 is 1.07 bits per heavy atom. The number of hydrogen-bond acceptors (Lipinski definition) is 4. The van der Waals surface area contributed by atoms with Gasteiger partial charge in [-0.2, -0.15) is 0 Å². The van der Waals surface area contributed by atoms with Crippen LogP contribution in [-0.2, 0) is 22.7 Å². The molecule has 0 aliphatic heterocycles. The summed E-state index contributed by atoms with van der Waals surface area (Å²) in [5.74, 6) is 1.98. The van der Waals surface area contributed by atoms with Crippen LogP contribution in [0, 0.1) is 5.92 Å². The normalized spacial score (nSPS) is 21.3. The molecular weight excluding hydrogens is 418 g/mol. The molecule has 2 N–H and O–H groups in total. The minimum Gasteiger partial charge on any atom is -0.494 e. The first-order chi connectivity index (χ1) is 14.4. The van der Waals surface area contributed by atoms with E-state index in [2.05, 4.69) is 24.3 Å². The van der Waals surface area contributed by atoms with Gasteiger partial charge in [0.15, 0.2) is 9.84 Å². The summed E-state index contributed by atoms with van der Waals surface area (Å²) in [4.78, 5) is 0. The van der Waals surface area contributed by atoms with Crippen LogP contribution in [0.3, 0.4) is 0 Å². The van der Waals surface area contributed by atoms with Crippen LogP contribution >= 0.6 is 11.6 Å². The maximum Gasteiger partial charge on any atom is 0.150 e. The zero-order chi connectivity index (χ0) is 21.1. The number of fused-ring (bicyclic) bond motifs is 1. The van der Waals surface area contributed by atoms with E-state index >= 15 is 0 Å². The van der Waals surface area contributed by atoms with Gasteiger partial charge in [-0.25, -0.2) is 8.42 Å². The van der Waals surface area contributed by atoms with Crippen molar-refractivity contribution in [1.29, 1.82) is 0 Å². The summed E-state index contributed by atoms with van der Waals surface area (Å²) < 4.78 is 30.1. The fraction of sp³-hybridized carbons (Fsp3) is 0.500. The molecule has 2 unspecified atom stereocenters. The predicted molar refractivity (Wildman–Crippen MR) is 122 cm³/mol. The van der Waals surface area contributed by atoms with E-state index in [4.69, 9.17) is 22.1 Å². The molecular formula is C24H30ClNO3S. The molecule has 0 heterocycles. The van der Waals surface area contributed by atoms with Crippen molar-refractivity contribution in [2.45, 2.75) is 50.5 Å². The van der Waals surface area contributed by atoms with E-state index in [9.17, 15) is 8.42 Å². The van der Waals surface area contributed by atoms with Gasteiger partial charge in [0, 0.05) is 17.0 Å². The van der Waals surface area contributed by atoms with Crippen molar-refractivity contribution in [1.82, 2.24) is 0 Å². The average molecular weight is 448 g/mol. The summed E-state index contributed by atoms with van der Waals surface area (Å²) in [5, 5.41) is 0.738. The summed E-state index contributed by atoms with van der Waals surface area (Å²) in [6.45, 7) is 0.413. The van der Waals surface area contributed by atoms with Gasteiger partial charge in [0.1, 0.15) is 5.75 Å². The molecule has 0 saturated heterocycles. The summed E-state index contributed by atoms with van der Waals surface area (Å²) in [5.41, 5.74) is 10.3. The maximum atomic E-state index is 12.1. The van der Waals surface area contributed by atoms with Crippen molar-refractivity contribution in [2.75, 3.05) is 18.1 Å². The van der Waals surface area contributed by atoms with Crippen LogP contribution in [-0.4, -0.2) is 32.6 Å². The SMILES string of the molecule is NC1CCc2ccc(OCCCS(=O)(=O)CC3CC3)cc2C1Cc1ccc(Cl)cc1. The molecule has 1 fully saturated rings. The van der Waals surface area contributed by atoms with Gasteiger partial charge in [-0.1, -0.05) is 29.8 Å². The van der Waals surface area contributed by atoms with Gasteiger partial charge in [-0.15, -0.1) is 0 Å². The molecule has 6 heteroatoms. The zero-order valence-corrected chi connectivity index (χ0v) is 18.8. The molecule has 162 valence electrons. The second-order valence-electron chi connectivity index (χ2n) is 8.76. The maximum absolute atomic E-state index is 12.1. The first-order valence-electron chi connectivity index (χ1n) is 10.9. The largest absolute Gasteiger partial charge is 0.494 e. The van der Waals surface area contributed by atoms with Crippen LogP contribution in [0.4, 0.5) is 0 Å². The van der Waals surface area contributed by atoms with Gasteiger partial charge in [0.2, 0.25) is 0 Å². The molecule has 1 saturated carbocycles. The van der Waals surface area contributed by atoms with Crippen molar-refractivity contribution in [3.63, 3.8) is 0 Å². The lowest BCUT2D eigenvalue weighted by Gasteiger charge is -2.32. The third-order valence-electron chi connectivity index (χ3n) is 6.20. The zero-order valence-electron chi connectivity index (χ0n) is 17.2. The van der Waals surface area contributed by atoms with Crippen molar-refractivity contribution >= 4 is 21.4 Å². The second kappa shape index (κ2) is 9.29. The second-order valence-corrected chi connectivity index (χ2v) is 11.4. The Hall–Kier alpha value is -1.56. The fourth-order valence-electron chi connectivity index (χ4n) is 4.32. The Balaban J connectivity index is 1.39. The van der Waals surface area contributed by atoms with Crippen LogP contribution in [0.5, 0.6) is 5.75 Å². The van der Waals surface area contributed by atoms with E-state index in [1.165, 1.54) is 16.7 Å². The van der Waals surface area contributed by atoms with E-state index in [-0.39, 0.29) is 17.7 Å². The lowest BCUT2D eigenvalue weighted by atomic mass is 9.76. The Bertz CT molecular complexity index is 970. The molecule has 2 aliphatic carbocycles. The van der Waals surface area contributed by atoms with Gasteiger partial charge in [0.05, 0.1) is 18.1 Å². The van der Waals surface area contributed by atoms with E-state index in [1.54, 1.807) is 0 Å². The van der Waals surface area contributed by atoms with Crippen molar-refractivity contribution < 1.29 is 13.2 Å². The van der Waals surface area contributed by atoms with Crippen LogP contribution in [0.25, 0.3) is 0 Å². The standard InChI is InChI=1S/C24H30ClNO3S/c25-20-8-4-17(5-9-20)14-23-22-15-21(10-6-19(22)7-11-24(23)26)29-12-1-13-30(27,28)16-18-2-3-18/h4-6,8-10,15,18,23-24H,1-3,7,11-14,16,26H2. The monoisotopic (exact) mass is 447 g/mol. The topological polar surface area (TPSA) is 69.4 Å². The molecule has 0 amide bonds. The summed E-state index contributed by atoms with van der Waals surface area (Å²) in [6, 6.07) is 14.3. The van der Waals surface area contributed by atoms with Gasteiger partial charge in [0.25, 0.3) is 0 Å². The highest BCUT2D eigenvalue weighted by molar-refractivity contribution is 7.91. The number of halogens is 1. The summed E-state index contributed by atoms with van der Waals surface area (Å²) in [7, 11) is -2.95. The minimum absolute atomic E-state index is 0.107. The number of hydrogen-bond donors (Lipinski definition) is 1. The van der Waals surface area contributed by atoms with E-state index in [0.717, 1.165) is 42.9 Å². The molecule has 2 aliphatic rings. The van der Waals surface area contributed by atoms with Crippen LogP contribution < -0.4 is 10.5 Å². The molecule has 2 aromatic rings. The Morgan fingerprint density at radius 3 is 2.57 bits per heavy atom. The molecule has 2 atom stereocenters. The summed E-state index contributed by atoms with van der Waals surface area (Å²) >= 11 is 6.02. The molecule has 0 aromatic heterocycles. The van der Waals surface area contributed by atoms with Crippen LogP contribution in [0.2, 0.25) is 5.02 Å². The van der Waals surface area contributed by atoms with Crippen molar-refractivity contribution in [3.05, 3.63) is 64.2 Å². The first kappa shape index (κ1) is 21.7. The van der Waals surface area contributed by atoms with Crippen LogP contribution in [0.1, 0.15) is 48.3 Å². The molecule has 0 bridgehead atoms. The van der Waals surface area contributed by atoms with Gasteiger partial charge in [-0.05, 0) is 85.4 Å². The first-order valence-corrected chi connectivity index (χ1v) is 13.1. The average Bonchev–Trinajstić information content (AvgIpc) is 3.52. The summed E-state index contributed by atoms with van der Waals surface area (Å²) in [6.07, 6.45) is 5.47. The number of aryl methyl sites for hydroxylation is 1. The highest BCUT2D eigenvalue weighted by atomic mass is 35.5. The minimum atomic E-state index is -2.95. The molecule has 30 heavy (non-hydrogen) atoms. The molecule has 4 nitrogen and oxygen atoms in total. The molecule has 0 radical (unpaired) electrons. The van der Waals surface area contributed by atoms with Gasteiger partial charge >= 0.3 is 0 Å².